The Morgan fingerprint density at radius 1 is 1.00 bits per heavy atom. The maximum absolute atomic E-state index is 10.9. The lowest BCUT2D eigenvalue weighted by molar-refractivity contribution is 0.241. The molecule has 0 spiro atoms. The molecule has 5 nitrogen and oxygen atoms in total. The van der Waals surface area contributed by atoms with Crippen molar-refractivity contribution in [1.29, 1.82) is 0 Å². The second kappa shape index (κ2) is 6.42. The predicted molar refractivity (Wildman–Crippen MR) is 72.5 cm³/mol. The minimum absolute atomic E-state index is 0.411. The molecule has 4 N–H and O–H groups in total. The Labute approximate surface area is 111 Å². The number of carbonyl (C=O) groups is 1. The van der Waals surface area contributed by atoms with E-state index in [0.717, 1.165) is 17.1 Å². The molecule has 0 aromatic heterocycles. The standard InChI is InChI=1S/C14H15N3O2/c15-17-14(18)16-10-11-6-8-13(9-7-11)19-12-4-2-1-3-5-12/h1-9H,10,15H2,(H2,16,17,18). The largest absolute Gasteiger partial charge is 0.457 e. The number of benzene rings is 2. The van der Waals surface area contributed by atoms with E-state index in [1.807, 2.05) is 60.0 Å². The summed E-state index contributed by atoms with van der Waals surface area (Å²) in [5.74, 6) is 6.50. The quantitative estimate of drug-likeness (QED) is 0.446. The lowest BCUT2D eigenvalue weighted by Crippen LogP contribution is -2.39. The van der Waals surface area contributed by atoms with E-state index in [1.165, 1.54) is 0 Å². The maximum atomic E-state index is 10.9. The highest BCUT2D eigenvalue weighted by molar-refractivity contribution is 5.73. The Bertz CT molecular complexity index is 526. The predicted octanol–water partition coefficient (Wildman–Crippen LogP) is 2.15. The summed E-state index contributed by atoms with van der Waals surface area (Å²) in [6, 6.07) is 16.6. The molecule has 0 aliphatic rings. The van der Waals surface area contributed by atoms with E-state index in [0.29, 0.717) is 6.54 Å². The summed E-state index contributed by atoms with van der Waals surface area (Å²) < 4.78 is 5.66. The monoisotopic (exact) mass is 257 g/mol. The topological polar surface area (TPSA) is 76.4 Å². The molecule has 0 fully saturated rings. The van der Waals surface area contributed by atoms with Crippen LogP contribution in [0.1, 0.15) is 5.56 Å². The Morgan fingerprint density at radius 2 is 1.63 bits per heavy atom. The number of hydrazine groups is 1. The molecule has 2 amide bonds. The van der Waals surface area contributed by atoms with Gasteiger partial charge in [-0.3, -0.25) is 5.43 Å². The van der Waals surface area contributed by atoms with Gasteiger partial charge in [-0.05, 0) is 29.8 Å². The van der Waals surface area contributed by atoms with Gasteiger partial charge in [0.1, 0.15) is 11.5 Å². The molecule has 0 aliphatic carbocycles. The first-order valence-electron chi connectivity index (χ1n) is 5.84. The van der Waals surface area contributed by atoms with Gasteiger partial charge in [0.15, 0.2) is 0 Å². The molecule has 5 heteroatoms. The summed E-state index contributed by atoms with van der Waals surface area (Å²) in [7, 11) is 0. The fraction of sp³-hybridized carbons (Fsp3) is 0.0714. The van der Waals surface area contributed by atoms with Crippen molar-refractivity contribution in [3.63, 3.8) is 0 Å². The number of hydrogen-bond acceptors (Lipinski definition) is 3. The SMILES string of the molecule is NNC(=O)NCc1ccc(Oc2ccccc2)cc1. The molecule has 0 saturated heterocycles. The van der Waals surface area contributed by atoms with E-state index < -0.39 is 6.03 Å². The van der Waals surface area contributed by atoms with Crippen LogP contribution < -0.4 is 21.3 Å². The van der Waals surface area contributed by atoms with Crippen LogP contribution in [0.3, 0.4) is 0 Å². The molecular weight excluding hydrogens is 242 g/mol. The van der Waals surface area contributed by atoms with Crippen molar-refractivity contribution in [2.75, 3.05) is 0 Å². The van der Waals surface area contributed by atoms with Gasteiger partial charge >= 0.3 is 6.03 Å². The maximum Gasteiger partial charge on any atom is 0.329 e. The normalized spacial score (nSPS) is 9.74. The van der Waals surface area contributed by atoms with Crippen LogP contribution >= 0.6 is 0 Å². The van der Waals surface area contributed by atoms with Crippen molar-refractivity contribution in [1.82, 2.24) is 10.7 Å². The average Bonchev–Trinajstić information content (AvgIpc) is 2.47. The number of urea groups is 1. The Hall–Kier alpha value is -2.53. The van der Waals surface area contributed by atoms with E-state index in [2.05, 4.69) is 5.32 Å². The third-order valence-electron chi connectivity index (χ3n) is 2.49. The van der Waals surface area contributed by atoms with Crippen molar-refractivity contribution in [3.05, 3.63) is 60.2 Å². The summed E-state index contributed by atoms with van der Waals surface area (Å²) in [6.45, 7) is 0.411. The van der Waals surface area contributed by atoms with E-state index in [-0.39, 0.29) is 0 Å². The van der Waals surface area contributed by atoms with Crippen LogP contribution in [0.25, 0.3) is 0 Å². The van der Waals surface area contributed by atoms with Gasteiger partial charge in [-0.15, -0.1) is 0 Å². The molecule has 0 bridgehead atoms. The van der Waals surface area contributed by atoms with Gasteiger partial charge in [-0.1, -0.05) is 30.3 Å². The molecule has 0 aliphatic heterocycles. The lowest BCUT2D eigenvalue weighted by Gasteiger charge is -2.07. The molecule has 0 radical (unpaired) electrons. The number of hydrogen-bond donors (Lipinski definition) is 3. The fourth-order valence-electron chi connectivity index (χ4n) is 1.53. The molecule has 2 rings (SSSR count). The summed E-state index contributed by atoms with van der Waals surface area (Å²) in [5, 5.41) is 2.60. The van der Waals surface area contributed by atoms with E-state index >= 15 is 0 Å². The summed E-state index contributed by atoms with van der Waals surface area (Å²) in [4.78, 5) is 10.9. The Balaban J connectivity index is 1.93. The number of ether oxygens (including phenoxy) is 1. The third-order valence-corrected chi connectivity index (χ3v) is 2.49. The van der Waals surface area contributed by atoms with Crippen LogP contribution in [0.5, 0.6) is 11.5 Å². The summed E-state index contributed by atoms with van der Waals surface area (Å²) >= 11 is 0. The highest BCUT2D eigenvalue weighted by atomic mass is 16.5. The molecule has 2 aromatic rings. The second-order valence-corrected chi connectivity index (χ2v) is 3.89. The van der Waals surface area contributed by atoms with Crippen LogP contribution in [-0.4, -0.2) is 6.03 Å². The number of carbonyl (C=O) groups excluding carboxylic acids is 1. The van der Waals surface area contributed by atoms with Crippen molar-refractivity contribution in [2.45, 2.75) is 6.54 Å². The van der Waals surface area contributed by atoms with Crippen molar-refractivity contribution < 1.29 is 9.53 Å². The first kappa shape index (κ1) is 12.9. The minimum Gasteiger partial charge on any atom is -0.457 e. The number of para-hydroxylation sites is 1. The van der Waals surface area contributed by atoms with Crippen molar-refractivity contribution in [2.24, 2.45) is 5.84 Å². The van der Waals surface area contributed by atoms with Gasteiger partial charge in [0.25, 0.3) is 0 Å². The van der Waals surface area contributed by atoms with Gasteiger partial charge in [0.05, 0.1) is 0 Å². The zero-order chi connectivity index (χ0) is 13.5. The Morgan fingerprint density at radius 3 is 2.26 bits per heavy atom. The van der Waals surface area contributed by atoms with Gasteiger partial charge < -0.3 is 10.1 Å². The highest BCUT2D eigenvalue weighted by Gasteiger charge is 1.99. The van der Waals surface area contributed by atoms with Crippen LogP contribution in [0.4, 0.5) is 4.79 Å². The van der Waals surface area contributed by atoms with E-state index in [1.54, 1.807) is 0 Å². The van der Waals surface area contributed by atoms with Crippen molar-refractivity contribution >= 4 is 6.03 Å². The molecule has 0 saturated carbocycles. The molecular formula is C14H15N3O2. The third kappa shape index (κ3) is 4.01. The smallest absolute Gasteiger partial charge is 0.329 e. The minimum atomic E-state index is -0.412. The number of rotatable bonds is 4. The summed E-state index contributed by atoms with van der Waals surface area (Å²) in [6.07, 6.45) is 0. The Kier molecular flexibility index (Phi) is 4.36. The number of amides is 2. The van der Waals surface area contributed by atoms with Crippen LogP contribution in [0, 0.1) is 0 Å². The van der Waals surface area contributed by atoms with Crippen LogP contribution in [0.15, 0.2) is 54.6 Å². The van der Waals surface area contributed by atoms with Gasteiger partial charge in [0, 0.05) is 6.54 Å². The molecule has 0 unspecified atom stereocenters. The van der Waals surface area contributed by atoms with Crippen LogP contribution in [-0.2, 0) is 6.54 Å². The molecule has 0 heterocycles. The molecule has 0 atom stereocenters. The van der Waals surface area contributed by atoms with Crippen molar-refractivity contribution in [3.8, 4) is 11.5 Å². The zero-order valence-electron chi connectivity index (χ0n) is 10.3. The fourth-order valence-corrected chi connectivity index (χ4v) is 1.53. The number of nitrogens with two attached hydrogens (primary N) is 1. The van der Waals surface area contributed by atoms with E-state index in [4.69, 9.17) is 10.6 Å². The van der Waals surface area contributed by atoms with Gasteiger partial charge in [-0.25, -0.2) is 10.6 Å². The van der Waals surface area contributed by atoms with Gasteiger partial charge in [0.2, 0.25) is 0 Å². The molecule has 2 aromatic carbocycles. The number of nitrogens with one attached hydrogen (secondary N) is 2. The second-order valence-electron chi connectivity index (χ2n) is 3.89. The first-order chi connectivity index (χ1) is 9.28. The first-order valence-corrected chi connectivity index (χ1v) is 5.84. The summed E-state index contributed by atoms with van der Waals surface area (Å²) in [5.41, 5.74) is 2.97. The van der Waals surface area contributed by atoms with E-state index in [9.17, 15) is 4.79 Å². The van der Waals surface area contributed by atoms with Gasteiger partial charge in [-0.2, -0.15) is 0 Å². The average molecular weight is 257 g/mol. The highest BCUT2D eigenvalue weighted by Crippen LogP contribution is 2.20. The molecule has 98 valence electrons. The molecule has 19 heavy (non-hydrogen) atoms. The zero-order valence-corrected chi connectivity index (χ0v) is 10.3. The lowest BCUT2D eigenvalue weighted by atomic mass is 10.2. The van der Waals surface area contributed by atoms with Crippen LogP contribution in [0.2, 0.25) is 0 Å².